The minimum atomic E-state index is -2.76. The summed E-state index contributed by atoms with van der Waals surface area (Å²) in [7, 11) is 3.10. The maximum absolute atomic E-state index is 12.4. The number of amides is 1. The van der Waals surface area contributed by atoms with Gasteiger partial charge in [-0.25, -0.2) is 4.68 Å². The highest BCUT2D eigenvalue weighted by molar-refractivity contribution is 5.92. The predicted octanol–water partition coefficient (Wildman–Crippen LogP) is 2.27. The summed E-state index contributed by atoms with van der Waals surface area (Å²) >= 11 is 0. The molecular weight excluding hydrogens is 308 g/mol. The fraction of sp³-hybridized carbons (Fsp3) is 0.333. The van der Waals surface area contributed by atoms with E-state index in [0.717, 1.165) is 11.8 Å². The summed E-state index contributed by atoms with van der Waals surface area (Å²) in [6.07, 6.45) is 1.62. The second-order valence-electron chi connectivity index (χ2n) is 4.65. The Morgan fingerprint density at radius 2 is 2.00 bits per heavy atom. The van der Waals surface area contributed by atoms with Crippen LogP contribution in [0.4, 0.5) is 8.78 Å². The van der Waals surface area contributed by atoms with E-state index in [0.29, 0.717) is 29.1 Å². The minimum Gasteiger partial charge on any atom is -0.493 e. The van der Waals surface area contributed by atoms with Crippen molar-refractivity contribution in [3.05, 3.63) is 41.7 Å². The van der Waals surface area contributed by atoms with E-state index in [9.17, 15) is 13.6 Å². The summed E-state index contributed by atoms with van der Waals surface area (Å²) in [5, 5.41) is 6.14. The molecule has 0 aliphatic rings. The van der Waals surface area contributed by atoms with Gasteiger partial charge in [-0.05, 0) is 30.2 Å². The molecule has 0 aliphatic heterocycles. The Labute approximate surface area is 132 Å². The predicted molar refractivity (Wildman–Crippen MR) is 79.1 cm³/mol. The van der Waals surface area contributed by atoms with E-state index in [2.05, 4.69) is 10.4 Å². The molecule has 2 rings (SSSR count). The number of benzene rings is 1. The first-order valence-corrected chi connectivity index (χ1v) is 6.87. The summed E-state index contributed by atoms with van der Waals surface area (Å²) in [4.78, 5) is 11.8. The lowest BCUT2D eigenvalue weighted by atomic mass is 10.1. The molecule has 1 aromatic carbocycles. The second kappa shape index (κ2) is 7.57. The van der Waals surface area contributed by atoms with Crippen molar-refractivity contribution >= 4 is 5.91 Å². The maximum Gasteiger partial charge on any atom is 0.333 e. The van der Waals surface area contributed by atoms with Gasteiger partial charge in [0.25, 0.3) is 5.91 Å². The van der Waals surface area contributed by atoms with E-state index in [1.165, 1.54) is 6.07 Å². The van der Waals surface area contributed by atoms with Gasteiger partial charge in [-0.15, -0.1) is 0 Å². The summed E-state index contributed by atoms with van der Waals surface area (Å²) in [5.41, 5.74) is 0.902. The lowest BCUT2D eigenvalue weighted by Crippen LogP contribution is -2.26. The lowest BCUT2D eigenvalue weighted by Gasteiger charge is -2.09. The molecule has 23 heavy (non-hydrogen) atoms. The van der Waals surface area contributed by atoms with Crippen molar-refractivity contribution in [1.29, 1.82) is 0 Å². The van der Waals surface area contributed by atoms with Crippen molar-refractivity contribution in [3.63, 3.8) is 0 Å². The van der Waals surface area contributed by atoms with Gasteiger partial charge in [0, 0.05) is 12.7 Å². The van der Waals surface area contributed by atoms with Gasteiger partial charge in [0.05, 0.1) is 14.2 Å². The molecular formula is C15H17F2N3O3. The number of halogens is 2. The molecule has 0 radical (unpaired) electrons. The third-order valence-electron chi connectivity index (χ3n) is 3.19. The molecule has 8 heteroatoms. The third kappa shape index (κ3) is 4.18. The van der Waals surface area contributed by atoms with Crippen LogP contribution in [-0.4, -0.2) is 36.5 Å². The topological polar surface area (TPSA) is 65.4 Å². The molecule has 124 valence electrons. The van der Waals surface area contributed by atoms with Crippen molar-refractivity contribution < 1.29 is 23.0 Å². The van der Waals surface area contributed by atoms with Crippen LogP contribution in [0.2, 0.25) is 0 Å². The van der Waals surface area contributed by atoms with Gasteiger partial charge >= 0.3 is 6.55 Å². The van der Waals surface area contributed by atoms with Crippen molar-refractivity contribution in [3.8, 4) is 11.5 Å². The molecule has 6 nitrogen and oxygen atoms in total. The highest BCUT2D eigenvalue weighted by atomic mass is 19.3. The zero-order chi connectivity index (χ0) is 16.8. The molecule has 0 saturated carbocycles. The number of nitrogens with zero attached hydrogens (tertiary/aromatic N) is 2. The Bertz CT molecular complexity index is 674. The SMILES string of the molecule is COc1ccc(CCNC(=O)c2ccn(C(F)F)n2)cc1OC. The smallest absolute Gasteiger partial charge is 0.333 e. The number of ether oxygens (including phenoxy) is 2. The van der Waals surface area contributed by atoms with Crippen LogP contribution >= 0.6 is 0 Å². The van der Waals surface area contributed by atoms with E-state index in [1.807, 2.05) is 12.1 Å². The summed E-state index contributed by atoms with van der Waals surface area (Å²) in [6, 6.07) is 6.70. The number of rotatable bonds is 7. The molecule has 0 spiro atoms. The van der Waals surface area contributed by atoms with Crippen molar-refractivity contribution in [2.75, 3.05) is 20.8 Å². The highest BCUT2D eigenvalue weighted by Crippen LogP contribution is 2.27. The first kappa shape index (κ1) is 16.7. The zero-order valence-corrected chi connectivity index (χ0v) is 12.8. The molecule has 0 saturated heterocycles. The van der Waals surface area contributed by atoms with Crippen LogP contribution in [0.25, 0.3) is 0 Å². The summed E-state index contributed by atoms with van der Waals surface area (Å²) in [5.74, 6) is 0.731. The van der Waals surface area contributed by atoms with Gasteiger partial charge in [-0.1, -0.05) is 6.07 Å². The standard InChI is InChI=1S/C15H17F2N3O3/c1-22-12-4-3-10(9-13(12)23-2)5-7-18-14(21)11-6-8-20(19-11)15(16)17/h3-4,6,8-9,15H,5,7H2,1-2H3,(H,18,21). The number of hydrogen-bond acceptors (Lipinski definition) is 4. The van der Waals surface area contributed by atoms with Crippen LogP contribution in [0.15, 0.2) is 30.5 Å². The molecule has 0 fully saturated rings. The van der Waals surface area contributed by atoms with Gasteiger partial charge in [-0.3, -0.25) is 4.79 Å². The molecule has 0 aliphatic carbocycles. The lowest BCUT2D eigenvalue weighted by molar-refractivity contribution is 0.0560. The van der Waals surface area contributed by atoms with Crippen molar-refractivity contribution in [2.24, 2.45) is 0 Å². The number of hydrogen-bond donors (Lipinski definition) is 1. The highest BCUT2D eigenvalue weighted by Gasteiger charge is 2.13. The largest absolute Gasteiger partial charge is 0.493 e. The quantitative estimate of drug-likeness (QED) is 0.848. The van der Waals surface area contributed by atoms with Crippen LogP contribution < -0.4 is 14.8 Å². The Balaban J connectivity index is 1.90. The molecule has 0 unspecified atom stereocenters. The van der Waals surface area contributed by atoms with E-state index in [-0.39, 0.29) is 5.69 Å². The number of methoxy groups -OCH3 is 2. The van der Waals surface area contributed by atoms with Crippen LogP contribution in [0.3, 0.4) is 0 Å². The zero-order valence-electron chi connectivity index (χ0n) is 12.8. The second-order valence-corrected chi connectivity index (χ2v) is 4.65. The van der Waals surface area contributed by atoms with Crippen molar-refractivity contribution in [2.45, 2.75) is 13.0 Å². The summed E-state index contributed by atoms with van der Waals surface area (Å²) < 4.78 is 35.6. The minimum absolute atomic E-state index is 0.0439. The Morgan fingerprint density at radius 1 is 1.26 bits per heavy atom. The number of alkyl halides is 2. The van der Waals surface area contributed by atoms with E-state index < -0.39 is 12.5 Å². The molecule has 0 bridgehead atoms. The molecule has 1 heterocycles. The average Bonchev–Trinajstić information content (AvgIpc) is 3.05. The Kier molecular flexibility index (Phi) is 5.51. The van der Waals surface area contributed by atoms with Gasteiger partial charge in [-0.2, -0.15) is 13.9 Å². The fourth-order valence-electron chi connectivity index (χ4n) is 2.01. The van der Waals surface area contributed by atoms with Crippen LogP contribution in [0.1, 0.15) is 22.6 Å². The fourth-order valence-corrected chi connectivity index (χ4v) is 2.01. The number of aromatic nitrogens is 2. The van der Waals surface area contributed by atoms with Gasteiger partial charge in [0.1, 0.15) is 5.69 Å². The number of nitrogens with one attached hydrogen (secondary N) is 1. The molecule has 1 amide bonds. The summed E-state index contributed by atoms with van der Waals surface area (Å²) in [6.45, 7) is -2.42. The van der Waals surface area contributed by atoms with Gasteiger partial charge in [0.2, 0.25) is 0 Å². The van der Waals surface area contributed by atoms with Crippen LogP contribution in [-0.2, 0) is 6.42 Å². The average molecular weight is 325 g/mol. The first-order valence-electron chi connectivity index (χ1n) is 6.87. The van der Waals surface area contributed by atoms with Crippen molar-refractivity contribution in [1.82, 2.24) is 15.1 Å². The third-order valence-corrected chi connectivity index (χ3v) is 3.19. The number of carbonyl (C=O) groups is 1. The van der Waals surface area contributed by atoms with Crippen LogP contribution in [0, 0.1) is 0 Å². The van der Waals surface area contributed by atoms with Gasteiger partial charge in [0.15, 0.2) is 11.5 Å². The Hall–Kier alpha value is -2.64. The Morgan fingerprint density at radius 3 is 2.61 bits per heavy atom. The molecule has 1 aromatic heterocycles. The first-order chi connectivity index (χ1) is 11.0. The molecule has 1 N–H and O–H groups in total. The van der Waals surface area contributed by atoms with E-state index in [4.69, 9.17) is 9.47 Å². The van der Waals surface area contributed by atoms with E-state index in [1.54, 1.807) is 20.3 Å². The molecule has 2 aromatic rings. The van der Waals surface area contributed by atoms with Gasteiger partial charge < -0.3 is 14.8 Å². The molecule has 0 atom stereocenters. The maximum atomic E-state index is 12.4. The monoisotopic (exact) mass is 325 g/mol. The normalized spacial score (nSPS) is 10.7. The number of carbonyl (C=O) groups excluding carboxylic acids is 1. The van der Waals surface area contributed by atoms with E-state index >= 15 is 0 Å². The van der Waals surface area contributed by atoms with Crippen LogP contribution in [0.5, 0.6) is 11.5 Å².